The van der Waals surface area contributed by atoms with E-state index in [4.69, 9.17) is 11.6 Å². The Morgan fingerprint density at radius 2 is 1.49 bits per heavy atom. The highest BCUT2D eigenvalue weighted by Crippen LogP contribution is 2.43. The summed E-state index contributed by atoms with van der Waals surface area (Å²) in [7, 11) is 0. The van der Waals surface area contributed by atoms with Crippen LogP contribution in [0.15, 0.2) is 72.8 Å². The maximum atomic E-state index is 14.1. The van der Waals surface area contributed by atoms with Gasteiger partial charge in [0.2, 0.25) is 0 Å². The molecule has 0 aliphatic heterocycles. The van der Waals surface area contributed by atoms with Gasteiger partial charge in [-0.1, -0.05) is 41.9 Å². The second-order valence-corrected chi connectivity index (χ2v) is 11.1. The number of aromatic nitrogens is 1. The first-order chi connectivity index (χ1) is 20.4. The van der Waals surface area contributed by atoms with Gasteiger partial charge in [0.1, 0.15) is 17.3 Å². The number of halogens is 3. The molecule has 0 fully saturated rings. The monoisotopic (exact) mass is 609 g/mol. The summed E-state index contributed by atoms with van der Waals surface area (Å²) < 4.78 is 29.9. The van der Waals surface area contributed by atoms with Crippen molar-refractivity contribution in [2.45, 2.75) is 57.8 Å². The van der Waals surface area contributed by atoms with Crippen molar-refractivity contribution < 1.29 is 33.7 Å². The van der Waals surface area contributed by atoms with Gasteiger partial charge >= 0.3 is 0 Å². The Labute approximate surface area is 253 Å². The number of hydrogen-bond acceptors (Lipinski definition) is 5. The van der Waals surface area contributed by atoms with Gasteiger partial charge in [-0.15, -0.1) is 0 Å². The Kier molecular flexibility index (Phi) is 10.3. The van der Waals surface area contributed by atoms with Gasteiger partial charge in [0, 0.05) is 46.0 Å². The van der Waals surface area contributed by atoms with Crippen LogP contribution in [-0.2, 0) is 11.2 Å². The van der Waals surface area contributed by atoms with Crippen molar-refractivity contribution in [1.82, 2.24) is 4.57 Å². The first-order valence-corrected chi connectivity index (χ1v) is 14.2. The number of rotatable bonds is 12. The number of carbonyl (C=O) groups excluding carboxylic acids is 2. The molecule has 1 aromatic heterocycles. The minimum absolute atomic E-state index is 0.118. The summed E-state index contributed by atoms with van der Waals surface area (Å²) in [5, 5.41) is 34.9. The minimum Gasteiger partial charge on any atom is -0.550 e. The van der Waals surface area contributed by atoms with E-state index in [1.54, 1.807) is 48.5 Å². The summed E-state index contributed by atoms with van der Waals surface area (Å²) in [6, 6.07) is 17.9. The van der Waals surface area contributed by atoms with E-state index in [2.05, 4.69) is 5.32 Å². The van der Waals surface area contributed by atoms with Crippen LogP contribution < -0.4 is 10.4 Å². The van der Waals surface area contributed by atoms with Crippen molar-refractivity contribution in [3.8, 4) is 22.3 Å². The molecule has 0 spiro atoms. The lowest BCUT2D eigenvalue weighted by Gasteiger charge is -2.20. The van der Waals surface area contributed by atoms with E-state index in [1.807, 2.05) is 18.4 Å². The molecule has 0 bridgehead atoms. The largest absolute Gasteiger partial charge is 0.550 e. The molecule has 0 saturated heterocycles. The third-order valence-electron chi connectivity index (χ3n) is 7.05. The molecule has 226 valence electrons. The lowest BCUT2D eigenvalue weighted by atomic mass is 9.92. The van der Waals surface area contributed by atoms with E-state index in [-0.39, 0.29) is 31.0 Å². The zero-order chi connectivity index (χ0) is 31.3. The van der Waals surface area contributed by atoms with Crippen LogP contribution in [-0.4, -0.2) is 38.9 Å². The highest BCUT2D eigenvalue weighted by Gasteiger charge is 2.30. The van der Waals surface area contributed by atoms with Crippen LogP contribution in [0.2, 0.25) is 5.02 Å². The lowest BCUT2D eigenvalue weighted by Crippen LogP contribution is -2.29. The number of benzene rings is 3. The normalized spacial score (nSPS) is 12.7. The lowest BCUT2D eigenvalue weighted by molar-refractivity contribution is -0.307. The Morgan fingerprint density at radius 1 is 0.907 bits per heavy atom. The van der Waals surface area contributed by atoms with Crippen molar-refractivity contribution in [1.29, 1.82) is 0 Å². The predicted octanol–water partition coefficient (Wildman–Crippen LogP) is 5.77. The number of amides is 1. The van der Waals surface area contributed by atoms with Crippen LogP contribution in [0.4, 0.5) is 14.5 Å². The van der Waals surface area contributed by atoms with Crippen LogP contribution >= 0.6 is 11.6 Å². The van der Waals surface area contributed by atoms with E-state index >= 15 is 0 Å². The van der Waals surface area contributed by atoms with Crippen molar-refractivity contribution in [3.05, 3.63) is 101 Å². The van der Waals surface area contributed by atoms with Crippen molar-refractivity contribution in [3.63, 3.8) is 0 Å². The van der Waals surface area contributed by atoms with Gasteiger partial charge in [0.15, 0.2) is 0 Å². The van der Waals surface area contributed by atoms with Crippen LogP contribution in [0.5, 0.6) is 0 Å². The second kappa shape index (κ2) is 13.9. The van der Waals surface area contributed by atoms with Gasteiger partial charge in [0.25, 0.3) is 5.91 Å². The minimum atomic E-state index is -1.42. The number of carbonyl (C=O) groups is 2. The quantitative estimate of drug-likeness (QED) is 0.189. The van der Waals surface area contributed by atoms with E-state index in [9.17, 15) is 33.7 Å². The van der Waals surface area contributed by atoms with E-state index in [0.717, 1.165) is 0 Å². The van der Waals surface area contributed by atoms with Crippen LogP contribution in [0.3, 0.4) is 0 Å². The van der Waals surface area contributed by atoms with Crippen molar-refractivity contribution >= 4 is 29.2 Å². The topological polar surface area (TPSA) is 115 Å². The molecule has 4 rings (SSSR count). The number of carboxylic acid groups (broad SMARTS) is 1. The fourth-order valence-corrected chi connectivity index (χ4v) is 5.46. The van der Waals surface area contributed by atoms with Crippen molar-refractivity contribution in [2.75, 3.05) is 5.32 Å². The molecule has 0 aliphatic carbocycles. The average molecular weight is 610 g/mol. The molecule has 1 heterocycles. The number of anilines is 1. The molecule has 4 aromatic rings. The van der Waals surface area contributed by atoms with E-state index in [0.29, 0.717) is 38.7 Å². The molecular formula is C33H32ClF2N2O5-. The van der Waals surface area contributed by atoms with E-state index in [1.165, 1.54) is 24.3 Å². The standard InChI is InChI=1S/C33H33ClF2N2O5/c1-19(2)38-28(15-14-26(39)17-27(40)18-29(41)42)30(20-6-10-23(35)11-7-20)31(21-8-12-24(36)13-9-21)32(38)33(43)37-25-5-3-4-22(34)16-25/h3-13,16,19,26-27,39-40H,14-15,17-18H2,1-2H3,(H,37,43)(H,41,42)/p-1/t26-,27-/m1/s1. The third kappa shape index (κ3) is 7.87. The number of aliphatic carboxylic acids is 1. The van der Waals surface area contributed by atoms with Crippen LogP contribution in [0.1, 0.15) is 55.3 Å². The first-order valence-electron chi connectivity index (χ1n) is 13.9. The number of carboxylic acids is 1. The highest BCUT2D eigenvalue weighted by molar-refractivity contribution is 6.31. The first kappa shape index (κ1) is 31.9. The molecule has 0 saturated carbocycles. The smallest absolute Gasteiger partial charge is 0.272 e. The average Bonchev–Trinajstić information content (AvgIpc) is 3.28. The number of nitrogens with zero attached hydrogens (tertiary/aromatic N) is 1. The summed E-state index contributed by atoms with van der Waals surface area (Å²) in [5.41, 5.74) is 3.59. The fourth-order valence-electron chi connectivity index (χ4n) is 5.27. The SMILES string of the molecule is CC(C)n1c(CC[C@@H](O)C[C@@H](O)CC(=O)[O-])c(-c2ccc(F)cc2)c(-c2ccc(F)cc2)c1C(=O)Nc1cccc(Cl)c1. The second-order valence-electron chi connectivity index (χ2n) is 10.6. The maximum absolute atomic E-state index is 14.1. The van der Waals surface area contributed by atoms with E-state index < -0.39 is 42.1 Å². The summed E-state index contributed by atoms with van der Waals surface area (Å²) in [6.45, 7) is 3.78. The molecule has 2 atom stereocenters. The molecule has 0 aliphatic rings. The molecule has 0 unspecified atom stereocenters. The van der Waals surface area contributed by atoms with Gasteiger partial charge in [-0.2, -0.15) is 0 Å². The van der Waals surface area contributed by atoms with Crippen LogP contribution in [0, 0.1) is 11.6 Å². The Morgan fingerprint density at radius 3 is 2.02 bits per heavy atom. The number of nitrogens with one attached hydrogen (secondary N) is 1. The molecule has 0 radical (unpaired) electrons. The molecule has 3 aromatic carbocycles. The Bertz CT molecular complexity index is 1590. The highest BCUT2D eigenvalue weighted by atomic mass is 35.5. The summed E-state index contributed by atoms with van der Waals surface area (Å²) in [5.74, 6) is -2.80. The summed E-state index contributed by atoms with van der Waals surface area (Å²) in [6.07, 6.45) is -2.82. The maximum Gasteiger partial charge on any atom is 0.272 e. The number of hydrogen-bond donors (Lipinski definition) is 3. The van der Waals surface area contributed by atoms with Gasteiger partial charge in [0.05, 0.1) is 12.2 Å². The zero-order valence-corrected chi connectivity index (χ0v) is 24.4. The van der Waals surface area contributed by atoms with Gasteiger partial charge in [-0.05, 0) is 86.7 Å². The van der Waals surface area contributed by atoms with Crippen LogP contribution in [0.25, 0.3) is 22.3 Å². The Hall–Kier alpha value is -4.05. The van der Waals surface area contributed by atoms with Gasteiger partial charge < -0.3 is 30.0 Å². The van der Waals surface area contributed by atoms with Gasteiger partial charge in [-0.3, -0.25) is 4.79 Å². The van der Waals surface area contributed by atoms with Crippen molar-refractivity contribution in [2.24, 2.45) is 0 Å². The third-order valence-corrected chi connectivity index (χ3v) is 7.28. The molecule has 10 heteroatoms. The molecule has 43 heavy (non-hydrogen) atoms. The fraction of sp³-hybridized carbons (Fsp3) is 0.273. The predicted molar refractivity (Wildman–Crippen MR) is 160 cm³/mol. The summed E-state index contributed by atoms with van der Waals surface area (Å²) >= 11 is 6.15. The van der Waals surface area contributed by atoms with Gasteiger partial charge in [-0.25, -0.2) is 8.78 Å². The zero-order valence-electron chi connectivity index (χ0n) is 23.7. The molecule has 3 N–H and O–H groups in total. The Balaban J connectivity index is 1.92. The molecule has 1 amide bonds. The molecular weight excluding hydrogens is 578 g/mol. The number of aliphatic hydroxyl groups excluding tert-OH is 2. The number of aliphatic hydroxyl groups is 2. The molecule has 7 nitrogen and oxygen atoms in total. The summed E-state index contributed by atoms with van der Waals surface area (Å²) in [4.78, 5) is 25.0.